The van der Waals surface area contributed by atoms with E-state index in [9.17, 15) is 9.59 Å². The molecule has 0 spiro atoms. The Morgan fingerprint density at radius 1 is 1.29 bits per heavy atom. The van der Waals surface area contributed by atoms with Crippen LogP contribution in [0.15, 0.2) is 0 Å². The minimum Gasteiger partial charge on any atom is -0.481 e. The molecule has 0 aromatic rings. The van der Waals surface area contributed by atoms with Crippen molar-refractivity contribution in [2.75, 3.05) is 33.4 Å². The molecule has 0 radical (unpaired) electrons. The molecule has 1 N–H and O–H groups in total. The maximum Gasteiger partial charge on any atom is 0.320 e. The first-order chi connectivity index (χ1) is 10.0. The summed E-state index contributed by atoms with van der Waals surface area (Å²) < 4.78 is 5.20. The topological polar surface area (TPSA) is 70.1 Å². The van der Waals surface area contributed by atoms with E-state index in [1.54, 1.807) is 7.11 Å². The summed E-state index contributed by atoms with van der Waals surface area (Å²) in [6.45, 7) is 4.73. The predicted molar refractivity (Wildman–Crippen MR) is 78.1 cm³/mol. The normalized spacial score (nSPS) is 30.3. The summed E-state index contributed by atoms with van der Waals surface area (Å²) in [5.41, 5.74) is 0. The van der Waals surface area contributed by atoms with Gasteiger partial charge in [-0.3, -0.25) is 4.79 Å². The van der Waals surface area contributed by atoms with Crippen LogP contribution in [0.4, 0.5) is 4.79 Å². The van der Waals surface area contributed by atoms with Crippen LogP contribution in [0.25, 0.3) is 0 Å². The number of amides is 2. The maximum absolute atomic E-state index is 12.7. The lowest BCUT2D eigenvalue weighted by atomic mass is 9.92. The van der Waals surface area contributed by atoms with E-state index in [0.717, 1.165) is 25.9 Å². The number of urea groups is 1. The second-order valence-electron chi connectivity index (χ2n) is 6.29. The van der Waals surface area contributed by atoms with Gasteiger partial charge in [-0.2, -0.15) is 0 Å². The summed E-state index contributed by atoms with van der Waals surface area (Å²) in [6, 6.07) is 0.0577. The molecule has 0 bridgehead atoms. The summed E-state index contributed by atoms with van der Waals surface area (Å²) in [6.07, 6.45) is 3.23. The Morgan fingerprint density at radius 2 is 2.05 bits per heavy atom. The van der Waals surface area contributed by atoms with Crippen LogP contribution in [-0.2, 0) is 9.53 Å². The number of carboxylic acids is 1. The van der Waals surface area contributed by atoms with Gasteiger partial charge in [-0.25, -0.2) is 4.79 Å². The molecule has 6 nitrogen and oxygen atoms in total. The molecule has 2 saturated heterocycles. The van der Waals surface area contributed by atoms with Gasteiger partial charge in [-0.1, -0.05) is 0 Å². The highest BCUT2D eigenvalue weighted by atomic mass is 16.5. The second-order valence-corrected chi connectivity index (χ2v) is 6.29. The molecule has 2 heterocycles. The summed E-state index contributed by atoms with van der Waals surface area (Å²) in [5, 5.41) is 9.10. The standard InChI is InChI=1S/C15H26N2O4/c1-11-8-13(14(18)19)5-7-17(11)15(20)16-6-3-4-12(9-16)10-21-2/h11-13H,3-10H2,1-2H3,(H,18,19). The molecule has 2 aliphatic rings. The molecular weight excluding hydrogens is 272 g/mol. The molecular formula is C15H26N2O4. The third-order valence-corrected chi connectivity index (χ3v) is 4.66. The van der Waals surface area contributed by atoms with Gasteiger partial charge in [0.2, 0.25) is 0 Å². The number of hydrogen-bond acceptors (Lipinski definition) is 3. The zero-order chi connectivity index (χ0) is 15.4. The molecule has 0 aromatic heterocycles. The highest BCUT2D eigenvalue weighted by molar-refractivity contribution is 5.76. The fraction of sp³-hybridized carbons (Fsp3) is 0.867. The zero-order valence-electron chi connectivity index (χ0n) is 13.0. The van der Waals surface area contributed by atoms with Gasteiger partial charge in [0.05, 0.1) is 12.5 Å². The summed E-state index contributed by atoms with van der Waals surface area (Å²) in [4.78, 5) is 27.5. The van der Waals surface area contributed by atoms with Crippen LogP contribution >= 0.6 is 0 Å². The zero-order valence-corrected chi connectivity index (χ0v) is 13.0. The first-order valence-corrected chi connectivity index (χ1v) is 7.80. The van der Waals surface area contributed by atoms with Gasteiger partial charge in [0.25, 0.3) is 0 Å². The molecule has 2 aliphatic heterocycles. The van der Waals surface area contributed by atoms with Crippen molar-refractivity contribution >= 4 is 12.0 Å². The minimum absolute atomic E-state index is 0.00449. The van der Waals surface area contributed by atoms with E-state index in [-0.39, 0.29) is 18.0 Å². The van der Waals surface area contributed by atoms with E-state index in [2.05, 4.69) is 0 Å². The lowest BCUT2D eigenvalue weighted by Crippen LogP contribution is -2.53. The monoisotopic (exact) mass is 298 g/mol. The average molecular weight is 298 g/mol. The molecule has 3 atom stereocenters. The summed E-state index contributed by atoms with van der Waals surface area (Å²) in [7, 11) is 1.69. The van der Waals surface area contributed by atoms with E-state index in [4.69, 9.17) is 9.84 Å². The fourth-order valence-corrected chi connectivity index (χ4v) is 3.47. The van der Waals surface area contributed by atoms with E-state index in [0.29, 0.717) is 31.9 Å². The third-order valence-electron chi connectivity index (χ3n) is 4.66. The van der Waals surface area contributed by atoms with Crippen molar-refractivity contribution in [3.63, 3.8) is 0 Å². The number of likely N-dealkylation sites (tertiary alicyclic amines) is 2. The Morgan fingerprint density at radius 3 is 2.67 bits per heavy atom. The molecule has 3 unspecified atom stereocenters. The highest BCUT2D eigenvalue weighted by Gasteiger charge is 2.35. The quantitative estimate of drug-likeness (QED) is 0.860. The third kappa shape index (κ3) is 3.87. The van der Waals surface area contributed by atoms with E-state index in [1.165, 1.54) is 0 Å². The van der Waals surface area contributed by atoms with Crippen molar-refractivity contribution in [3.8, 4) is 0 Å². The number of rotatable bonds is 3. The Labute approximate surface area is 126 Å². The van der Waals surface area contributed by atoms with Gasteiger partial charge >= 0.3 is 12.0 Å². The Kier molecular flexibility index (Phi) is 5.45. The number of piperidine rings is 2. The van der Waals surface area contributed by atoms with Crippen molar-refractivity contribution in [1.82, 2.24) is 9.80 Å². The summed E-state index contributed by atoms with van der Waals surface area (Å²) in [5.74, 6) is -0.640. The number of nitrogens with zero attached hydrogens (tertiary/aromatic N) is 2. The van der Waals surface area contributed by atoms with Crippen molar-refractivity contribution in [2.24, 2.45) is 11.8 Å². The largest absolute Gasteiger partial charge is 0.481 e. The lowest BCUT2D eigenvalue weighted by molar-refractivity contribution is -0.143. The van der Waals surface area contributed by atoms with Crippen LogP contribution < -0.4 is 0 Å². The van der Waals surface area contributed by atoms with Crippen molar-refractivity contribution in [1.29, 1.82) is 0 Å². The molecule has 120 valence electrons. The number of methoxy groups -OCH3 is 1. The maximum atomic E-state index is 12.7. The number of hydrogen-bond donors (Lipinski definition) is 1. The van der Waals surface area contributed by atoms with Gasteiger partial charge in [0.1, 0.15) is 0 Å². The van der Waals surface area contributed by atoms with E-state index in [1.807, 2.05) is 16.7 Å². The van der Waals surface area contributed by atoms with Crippen LogP contribution in [0, 0.1) is 11.8 Å². The van der Waals surface area contributed by atoms with Gasteiger partial charge in [-0.05, 0) is 32.6 Å². The van der Waals surface area contributed by atoms with Crippen LogP contribution in [0.3, 0.4) is 0 Å². The van der Waals surface area contributed by atoms with Gasteiger partial charge < -0.3 is 19.6 Å². The number of carbonyl (C=O) groups excluding carboxylic acids is 1. The van der Waals surface area contributed by atoms with Crippen molar-refractivity contribution in [2.45, 2.75) is 38.6 Å². The Hall–Kier alpha value is -1.30. The molecule has 0 aromatic carbocycles. The minimum atomic E-state index is -0.743. The molecule has 21 heavy (non-hydrogen) atoms. The molecule has 0 saturated carbocycles. The van der Waals surface area contributed by atoms with E-state index < -0.39 is 5.97 Å². The number of carboxylic acid groups (broad SMARTS) is 1. The van der Waals surface area contributed by atoms with E-state index >= 15 is 0 Å². The van der Waals surface area contributed by atoms with Crippen molar-refractivity contribution < 1.29 is 19.4 Å². The highest BCUT2D eigenvalue weighted by Crippen LogP contribution is 2.26. The molecule has 6 heteroatoms. The van der Waals surface area contributed by atoms with Crippen LogP contribution in [0.5, 0.6) is 0 Å². The predicted octanol–water partition coefficient (Wildman–Crippen LogP) is 1.65. The Bertz CT molecular complexity index is 386. The second kappa shape index (κ2) is 7.11. The van der Waals surface area contributed by atoms with Gasteiger partial charge in [-0.15, -0.1) is 0 Å². The fourth-order valence-electron chi connectivity index (χ4n) is 3.47. The first-order valence-electron chi connectivity index (χ1n) is 7.80. The first kappa shape index (κ1) is 16.1. The molecule has 2 amide bonds. The molecule has 2 rings (SSSR count). The summed E-state index contributed by atoms with van der Waals surface area (Å²) >= 11 is 0. The molecule has 0 aliphatic carbocycles. The van der Waals surface area contributed by atoms with Gasteiger partial charge in [0, 0.05) is 38.7 Å². The molecule has 2 fully saturated rings. The lowest BCUT2D eigenvalue weighted by Gasteiger charge is -2.41. The van der Waals surface area contributed by atoms with Gasteiger partial charge in [0.15, 0.2) is 0 Å². The average Bonchev–Trinajstić information content (AvgIpc) is 2.47. The smallest absolute Gasteiger partial charge is 0.320 e. The van der Waals surface area contributed by atoms with Crippen molar-refractivity contribution in [3.05, 3.63) is 0 Å². The SMILES string of the molecule is COCC1CCCN(C(=O)N2CCC(C(=O)O)CC2C)C1. The number of carbonyl (C=O) groups is 2. The van der Waals surface area contributed by atoms with Crippen LogP contribution in [0.1, 0.15) is 32.6 Å². The number of aliphatic carboxylic acids is 1. The van der Waals surface area contributed by atoms with Crippen LogP contribution in [-0.4, -0.2) is 66.3 Å². The Balaban J connectivity index is 1.92. The number of ether oxygens (including phenoxy) is 1. The van der Waals surface area contributed by atoms with Crippen LogP contribution in [0.2, 0.25) is 0 Å².